The lowest BCUT2D eigenvalue weighted by Gasteiger charge is -2.65. The summed E-state index contributed by atoms with van der Waals surface area (Å²) < 4.78 is 19.0. The van der Waals surface area contributed by atoms with Crippen LogP contribution in [-0.4, -0.2) is 18.1 Å². The number of amides is 1. The lowest BCUT2D eigenvalue weighted by atomic mass is 9.43. The second-order valence-electron chi connectivity index (χ2n) is 9.18. The maximum absolute atomic E-state index is 13.6. The summed E-state index contributed by atoms with van der Waals surface area (Å²) in [4.78, 5) is 12.5. The quantitative estimate of drug-likeness (QED) is 0.903. The minimum absolute atomic E-state index is 0.0847. The van der Waals surface area contributed by atoms with E-state index in [1.165, 1.54) is 25.3 Å². The van der Waals surface area contributed by atoms with Crippen LogP contribution in [0.15, 0.2) is 24.3 Å². The number of hydrogen-bond acceptors (Lipinski definition) is 2. The van der Waals surface area contributed by atoms with Gasteiger partial charge in [0.1, 0.15) is 0 Å². The highest BCUT2D eigenvalue weighted by molar-refractivity contribution is 5.78. The van der Waals surface area contributed by atoms with Crippen LogP contribution in [0.25, 0.3) is 0 Å². The molecule has 4 heteroatoms. The Morgan fingerprint density at radius 3 is 2.46 bits per heavy atom. The van der Waals surface area contributed by atoms with Crippen molar-refractivity contribution in [2.24, 2.45) is 16.7 Å². The van der Waals surface area contributed by atoms with E-state index in [9.17, 15) is 9.18 Å². The first-order valence-corrected chi connectivity index (χ1v) is 8.97. The van der Waals surface area contributed by atoms with Gasteiger partial charge in [0.25, 0.3) is 5.91 Å². The predicted molar refractivity (Wildman–Crippen MR) is 90.2 cm³/mol. The molecule has 3 nitrogen and oxygen atoms in total. The summed E-state index contributed by atoms with van der Waals surface area (Å²) in [7, 11) is 0. The molecule has 1 aromatic carbocycles. The Kier molecular flexibility index (Phi) is 3.45. The Bertz CT molecular complexity index is 655. The second-order valence-corrected chi connectivity index (χ2v) is 9.18. The van der Waals surface area contributed by atoms with E-state index >= 15 is 0 Å². The maximum Gasteiger partial charge on any atom is 0.258 e. The minimum atomic E-state index is -0.430. The summed E-state index contributed by atoms with van der Waals surface area (Å²) in [5.74, 6) is 0.300. The molecule has 0 unspecified atom stereocenters. The number of rotatable bonds is 4. The van der Waals surface area contributed by atoms with Crippen LogP contribution in [0.4, 0.5) is 4.39 Å². The highest BCUT2D eigenvalue weighted by atomic mass is 19.1. The van der Waals surface area contributed by atoms with Crippen molar-refractivity contribution in [3.05, 3.63) is 30.1 Å². The average Bonchev–Trinajstić information content (AvgIpc) is 2.42. The molecule has 130 valence electrons. The van der Waals surface area contributed by atoms with Crippen molar-refractivity contribution in [2.45, 2.75) is 57.9 Å². The summed E-state index contributed by atoms with van der Waals surface area (Å²) in [6, 6.07) is 6.21. The van der Waals surface area contributed by atoms with Gasteiger partial charge in [-0.1, -0.05) is 26.0 Å². The Balaban J connectivity index is 1.43. The molecule has 1 amide bonds. The van der Waals surface area contributed by atoms with Gasteiger partial charge in [-0.25, -0.2) is 4.39 Å². The normalized spacial score (nSPS) is 39.7. The molecular formula is C20H26FNO2. The molecule has 0 radical (unpaired) electrons. The summed E-state index contributed by atoms with van der Waals surface area (Å²) >= 11 is 0. The molecule has 5 rings (SSSR count). The van der Waals surface area contributed by atoms with Crippen molar-refractivity contribution in [1.29, 1.82) is 0 Å². The van der Waals surface area contributed by atoms with Crippen molar-refractivity contribution in [2.75, 3.05) is 6.61 Å². The van der Waals surface area contributed by atoms with E-state index in [0.717, 1.165) is 25.2 Å². The largest absolute Gasteiger partial charge is 0.481 e. The Hall–Kier alpha value is -1.58. The first-order valence-electron chi connectivity index (χ1n) is 8.97. The van der Waals surface area contributed by atoms with Gasteiger partial charge < -0.3 is 10.1 Å². The molecule has 4 fully saturated rings. The van der Waals surface area contributed by atoms with Gasteiger partial charge in [-0.05, 0) is 67.4 Å². The van der Waals surface area contributed by atoms with E-state index < -0.39 is 5.82 Å². The minimum Gasteiger partial charge on any atom is -0.481 e. The van der Waals surface area contributed by atoms with Gasteiger partial charge in [0.2, 0.25) is 0 Å². The molecule has 2 atom stereocenters. The van der Waals surface area contributed by atoms with E-state index in [0.29, 0.717) is 10.8 Å². The molecule has 1 aromatic rings. The maximum atomic E-state index is 13.6. The van der Waals surface area contributed by atoms with Crippen LogP contribution < -0.4 is 10.1 Å². The molecule has 4 saturated carbocycles. The van der Waals surface area contributed by atoms with Crippen molar-refractivity contribution < 1.29 is 13.9 Å². The molecule has 0 heterocycles. The van der Waals surface area contributed by atoms with Gasteiger partial charge in [-0.2, -0.15) is 0 Å². The van der Waals surface area contributed by atoms with Gasteiger partial charge in [-0.15, -0.1) is 0 Å². The third-order valence-electron chi connectivity index (χ3n) is 6.23. The van der Waals surface area contributed by atoms with E-state index in [2.05, 4.69) is 19.2 Å². The molecule has 4 bridgehead atoms. The first-order chi connectivity index (χ1) is 11.3. The number of benzene rings is 1. The fourth-order valence-corrected chi connectivity index (χ4v) is 6.62. The van der Waals surface area contributed by atoms with Gasteiger partial charge in [0.05, 0.1) is 0 Å². The number of carbonyl (C=O) groups excluding carboxylic acids is 1. The lowest BCUT2D eigenvalue weighted by Crippen LogP contribution is -2.65. The third-order valence-corrected chi connectivity index (χ3v) is 6.23. The number of halogens is 1. The highest BCUT2D eigenvalue weighted by Crippen LogP contribution is 2.66. The third kappa shape index (κ3) is 2.80. The van der Waals surface area contributed by atoms with E-state index in [-0.39, 0.29) is 23.8 Å². The molecule has 0 aliphatic heterocycles. The van der Waals surface area contributed by atoms with Crippen molar-refractivity contribution >= 4 is 5.91 Å². The number of ether oxygens (including phenoxy) is 1. The number of carbonyl (C=O) groups is 1. The predicted octanol–water partition coefficient (Wildman–Crippen LogP) is 4.07. The monoisotopic (exact) mass is 331 g/mol. The Labute approximate surface area is 143 Å². The molecule has 4 aliphatic rings. The van der Waals surface area contributed by atoms with Crippen LogP contribution in [0.5, 0.6) is 5.75 Å². The van der Waals surface area contributed by atoms with Crippen molar-refractivity contribution in [1.82, 2.24) is 5.32 Å². The smallest absolute Gasteiger partial charge is 0.258 e. The number of para-hydroxylation sites is 1. The summed E-state index contributed by atoms with van der Waals surface area (Å²) in [5.41, 5.74) is 0.625. The van der Waals surface area contributed by atoms with E-state index in [1.807, 2.05) is 0 Å². The summed E-state index contributed by atoms with van der Waals surface area (Å²) in [5, 5.41) is 3.28. The van der Waals surface area contributed by atoms with Gasteiger partial charge in [0, 0.05) is 5.54 Å². The van der Waals surface area contributed by atoms with Crippen LogP contribution in [0.1, 0.15) is 52.4 Å². The van der Waals surface area contributed by atoms with Gasteiger partial charge in [-0.3, -0.25) is 4.79 Å². The molecule has 24 heavy (non-hydrogen) atoms. The first kappa shape index (κ1) is 15.9. The van der Waals surface area contributed by atoms with Crippen molar-refractivity contribution in [3.63, 3.8) is 0 Å². The van der Waals surface area contributed by atoms with Gasteiger partial charge >= 0.3 is 0 Å². The number of hydrogen-bond donors (Lipinski definition) is 1. The van der Waals surface area contributed by atoms with Crippen LogP contribution >= 0.6 is 0 Å². The summed E-state index contributed by atoms with van der Waals surface area (Å²) in [6.45, 7) is 4.64. The van der Waals surface area contributed by atoms with E-state index in [1.54, 1.807) is 18.2 Å². The molecule has 0 saturated heterocycles. The zero-order chi connectivity index (χ0) is 17.0. The molecule has 0 aromatic heterocycles. The Morgan fingerprint density at radius 2 is 1.83 bits per heavy atom. The molecule has 0 spiro atoms. The SMILES string of the molecule is C[C@]12CC3CC(NC(=O)COc4ccccc4F)(C1)C[C@](C)(C3)C2. The lowest BCUT2D eigenvalue weighted by molar-refractivity contribution is -0.141. The zero-order valence-corrected chi connectivity index (χ0v) is 14.5. The Morgan fingerprint density at radius 1 is 1.17 bits per heavy atom. The highest BCUT2D eigenvalue weighted by Gasteiger charge is 2.60. The van der Waals surface area contributed by atoms with Crippen LogP contribution in [0, 0.1) is 22.6 Å². The van der Waals surface area contributed by atoms with Crippen molar-refractivity contribution in [3.8, 4) is 5.75 Å². The molecule has 4 aliphatic carbocycles. The average molecular weight is 331 g/mol. The fourth-order valence-electron chi connectivity index (χ4n) is 6.62. The standard InChI is InChI=1S/C20H26FNO2/c1-18-7-14-8-19(2,11-18)13-20(9-14,12-18)22-17(23)10-24-16-6-4-3-5-15(16)21/h3-6,14H,7-13H2,1-2H3,(H,22,23)/t14?,18-,19-,20?/m1/s1. The van der Waals surface area contributed by atoms with E-state index in [4.69, 9.17) is 4.74 Å². The number of nitrogens with one attached hydrogen (secondary N) is 1. The van der Waals surface area contributed by atoms with Crippen LogP contribution in [0.2, 0.25) is 0 Å². The van der Waals surface area contributed by atoms with Crippen LogP contribution in [0.3, 0.4) is 0 Å². The topological polar surface area (TPSA) is 38.3 Å². The molecule has 1 N–H and O–H groups in total. The zero-order valence-electron chi connectivity index (χ0n) is 14.5. The summed E-state index contributed by atoms with van der Waals surface area (Å²) in [6.07, 6.45) is 7.09. The fraction of sp³-hybridized carbons (Fsp3) is 0.650. The van der Waals surface area contributed by atoms with Gasteiger partial charge in [0.15, 0.2) is 18.2 Å². The second kappa shape index (κ2) is 5.21. The van der Waals surface area contributed by atoms with Crippen LogP contribution in [-0.2, 0) is 4.79 Å². The molecular weight excluding hydrogens is 305 g/mol.